The van der Waals surface area contributed by atoms with Crippen LogP contribution < -0.4 is 21.7 Å². The van der Waals surface area contributed by atoms with Gasteiger partial charge in [-0.3, -0.25) is 19.2 Å². The van der Waals surface area contributed by atoms with Crippen LogP contribution in [-0.4, -0.2) is 69.8 Å². The van der Waals surface area contributed by atoms with Gasteiger partial charge in [0.2, 0.25) is 17.6 Å². The number of nitrogens with one attached hydrogen (secondary N) is 3. The summed E-state index contributed by atoms with van der Waals surface area (Å²) < 4.78 is 0. The number of carbonyl (C=O) groups excluding carboxylic acids is 5. The Hall–Kier alpha value is -3.63. The number of nitrogens with two attached hydrogens (primary N) is 1. The molecule has 5 amide bonds. The van der Waals surface area contributed by atoms with Crippen LogP contribution in [-0.2, 0) is 25.6 Å². The zero-order valence-electron chi connectivity index (χ0n) is 26.2. The third kappa shape index (κ3) is 8.55. The number of carbonyl (C=O) groups is 5. The summed E-state index contributed by atoms with van der Waals surface area (Å²) in [5.74, 6) is -2.18. The summed E-state index contributed by atoms with van der Waals surface area (Å²) in [5.41, 5.74) is 5.84. The molecule has 6 N–H and O–H groups in total. The van der Waals surface area contributed by atoms with E-state index in [1.54, 1.807) is 17.0 Å². The normalized spacial score (nSPS) is 23.0. The van der Waals surface area contributed by atoms with Crippen LogP contribution >= 0.6 is 0 Å². The number of Topliss-reactive ketones (excluding diaryl/α,β-unsaturated/α-hetero) is 1. The predicted octanol–water partition coefficient (Wildman–Crippen LogP) is 3.22. The molecule has 0 spiro atoms. The van der Waals surface area contributed by atoms with E-state index < -0.39 is 41.3 Å². The molecule has 0 bridgehead atoms. The first kappa shape index (κ1) is 32.8. The van der Waals surface area contributed by atoms with E-state index >= 15 is 0 Å². The van der Waals surface area contributed by atoms with Gasteiger partial charge in [-0.1, -0.05) is 63.5 Å². The molecule has 1 aliphatic heterocycles. The van der Waals surface area contributed by atoms with E-state index in [0.29, 0.717) is 32.2 Å². The van der Waals surface area contributed by atoms with Crippen molar-refractivity contribution < 1.29 is 29.1 Å². The number of aromatic hydroxyl groups is 1. The number of ketones is 1. The fourth-order valence-electron chi connectivity index (χ4n) is 7.69. The molecule has 11 nitrogen and oxygen atoms in total. The highest BCUT2D eigenvalue weighted by Gasteiger charge is 2.43. The lowest BCUT2D eigenvalue weighted by atomic mass is 9.77. The molecule has 1 aromatic rings. The summed E-state index contributed by atoms with van der Waals surface area (Å²) in [7, 11) is 0. The number of amides is 5. The molecule has 1 saturated heterocycles. The molecular weight excluding hydrogens is 574 g/mol. The first-order valence-corrected chi connectivity index (χ1v) is 17.0. The van der Waals surface area contributed by atoms with Crippen molar-refractivity contribution in [1.29, 1.82) is 0 Å². The molecule has 4 fully saturated rings. The average Bonchev–Trinajstić information content (AvgIpc) is 3.71. The first-order valence-electron chi connectivity index (χ1n) is 17.0. The van der Waals surface area contributed by atoms with Crippen LogP contribution in [0.5, 0.6) is 5.75 Å². The third-order valence-corrected chi connectivity index (χ3v) is 10.3. The van der Waals surface area contributed by atoms with E-state index in [9.17, 15) is 29.1 Å². The summed E-state index contributed by atoms with van der Waals surface area (Å²) in [4.78, 5) is 67.2. The van der Waals surface area contributed by atoms with Gasteiger partial charge in [-0.2, -0.15) is 0 Å². The van der Waals surface area contributed by atoms with E-state index in [0.717, 1.165) is 82.6 Å². The highest BCUT2D eigenvalue weighted by molar-refractivity contribution is 6.37. The van der Waals surface area contributed by atoms with Gasteiger partial charge in [0.05, 0.1) is 6.04 Å². The second kappa shape index (κ2) is 14.6. The number of primary amides is 1. The number of phenolic OH excluding ortho intramolecular Hbond substituents is 1. The van der Waals surface area contributed by atoms with Crippen molar-refractivity contribution >= 4 is 29.5 Å². The number of likely N-dealkylation sites (tertiary alicyclic amines) is 1. The van der Waals surface area contributed by atoms with Crippen molar-refractivity contribution in [3.8, 4) is 5.75 Å². The lowest BCUT2D eigenvalue weighted by Gasteiger charge is -2.40. The number of hydrogen-bond acceptors (Lipinski definition) is 6. The quantitative estimate of drug-likeness (QED) is 0.224. The van der Waals surface area contributed by atoms with Crippen LogP contribution in [0.3, 0.4) is 0 Å². The molecule has 1 heterocycles. The molecule has 246 valence electrons. The average molecular weight is 624 g/mol. The second-order valence-corrected chi connectivity index (χ2v) is 13.8. The predicted molar refractivity (Wildman–Crippen MR) is 168 cm³/mol. The van der Waals surface area contributed by atoms with Gasteiger partial charge in [0.1, 0.15) is 17.8 Å². The minimum absolute atomic E-state index is 0.0419. The Kier molecular flexibility index (Phi) is 10.7. The molecule has 1 aromatic carbocycles. The van der Waals surface area contributed by atoms with Gasteiger partial charge in [0, 0.05) is 12.1 Å². The van der Waals surface area contributed by atoms with Gasteiger partial charge < -0.3 is 31.7 Å². The third-order valence-electron chi connectivity index (χ3n) is 10.3. The molecular formula is C34H49N5O6. The van der Waals surface area contributed by atoms with Crippen molar-refractivity contribution in [3.63, 3.8) is 0 Å². The van der Waals surface area contributed by atoms with Crippen LogP contribution in [0, 0.1) is 11.8 Å². The molecule has 3 saturated carbocycles. The Morgan fingerprint density at radius 1 is 0.867 bits per heavy atom. The molecule has 3 atom stereocenters. The lowest BCUT2D eigenvalue weighted by Crippen LogP contribution is -2.61. The summed E-state index contributed by atoms with van der Waals surface area (Å²) >= 11 is 0. The summed E-state index contributed by atoms with van der Waals surface area (Å²) in [6.07, 6.45) is 13.4. The Balaban J connectivity index is 1.30. The number of hydrogen-bond donors (Lipinski definition) is 5. The van der Waals surface area contributed by atoms with E-state index in [1.807, 2.05) is 12.1 Å². The van der Waals surface area contributed by atoms with Crippen molar-refractivity contribution in [3.05, 3.63) is 29.8 Å². The zero-order chi connectivity index (χ0) is 32.0. The Morgan fingerprint density at radius 3 is 2.18 bits per heavy atom. The van der Waals surface area contributed by atoms with Crippen molar-refractivity contribution in [2.75, 3.05) is 6.54 Å². The topological polar surface area (TPSA) is 171 Å². The largest absolute Gasteiger partial charge is 0.508 e. The van der Waals surface area contributed by atoms with Gasteiger partial charge in [-0.05, 0) is 80.9 Å². The summed E-state index contributed by atoms with van der Waals surface area (Å²) in [6.45, 7) is 0.380. The summed E-state index contributed by atoms with van der Waals surface area (Å²) in [5, 5.41) is 18.8. The molecule has 3 unspecified atom stereocenters. The maximum absolute atomic E-state index is 14.2. The molecule has 11 heteroatoms. The Bertz CT molecular complexity index is 1240. The van der Waals surface area contributed by atoms with Crippen molar-refractivity contribution in [1.82, 2.24) is 20.9 Å². The highest BCUT2D eigenvalue weighted by Crippen LogP contribution is 2.35. The number of benzene rings is 1. The maximum Gasteiger partial charge on any atom is 0.315 e. The van der Waals surface area contributed by atoms with Crippen LogP contribution in [0.15, 0.2) is 24.3 Å². The highest BCUT2D eigenvalue weighted by atomic mass is 16.3. The van der Waals surface area contributed by atoms with Crippen LogP contribution in [0.4, 0.5) is 4.79 Å². The fourth-order valence-corrected chi connectivity index (χ4v) is 7.69. The number of urea groups is 1. The monoisotopic (exact) mass is 623 g/mol. The second-order valence-electron chi connectivity index (χ2n) is 13.8. The molecule has 5 rings (SSSR count). The van der Waals surface area contributed by atoms with E-state index in [1.165, 1.54) is 0 Å². The standard InChI is InChI=1S/C34H49N5O6/c35-30(42)29(41)26(20-22-11-12-22)36-31(43)27-10-7-19-39(27)32(44)28(24-8-3-1-4-9-24)37-33(45)38-34(17-5-2-6-18-34)21-23-13-15-25(40)16-14-23/h13-16,22,24,26-28,40H,1-12,17-21H2,(H2,35,42)(H,36,43)(H2,37,38,45). The smallest absolute Gasteiger partial charge is 0.315 e. The molecule has 45 heavy (non-hydrogen) atoms. The van der Waals surface area contributed by atoms with Gasteiger partial charge >= 0.3 is 6.03 Å². The van der Waals surface area contributed by atoms with Gasteiger partial charge in [0.25, 0.3) is 5.91 Å². The van der Waals surface area contributed by atoms with Gasteiger partial charge in [0.15, 0.2) is 0 Å². The first-order chi connectivity index (χ1) is 21.6. The minimum atomic E-state index is -1.07. The fraction of sp³-hybridized carbons (Fsp3) is 0.676. The maximum atomic E-state index is 14.2. The number of phenols is 1. The van der Waals surface area contributed by atoms with Crippen LogP contribution in [0.2, 0.25) is 0 Å². The molecule has 3 aliphatic carbocycles. The number of rotatable bonds is 12. The zero-order valence-corrected chi connectivity index (χ0v) is 26.2. The SMILES string of the molecule is NC(=O)C(=O)C(CC1CC1)NC(=O)C1CCCN1C(=O)C(NC(=O)NC1(Cc2ccc(O)cc2)CCCCC1)C1CCCCC1. The van der Waals surface area contributed by atoms with E-state index in [4.69, 9.17) is 5.73 Å². The summed E-state index contributed by atoms with van der Waals surface area (Å²) in [6, 6.07) is 4.15. The van der Waals surface area contributed by atoms with Crippen molar-refractivity contribution in [2.45, 2.75) is 126 Å². The van der Waals surface area contributed by atoms with Gasteiger partial charge in [-0.25, -0.2) is 4.79 Å². The van der Waals surface area contributed by atoms with E-state index in [-0.39, 0.29) is 29.5 Å². The Labute approximate surface area is 265 Å². The van der Waals surface area contributed by atoms with Crippen molar-refractivity contribution in [2.24, 2.45) is 17.6 Å². The Morgan fingerprint density at radius 2 is 1.53 bits per heavy atom. The molecule has 4 aliphatic rings. The van der Waals surface area contributed by atoms with Gasteiger partial charge in [-0.15, -0.1) is 0 Å². The lowest BCUT2D eigenvalue weighted by molar-refractivity contribution is -0.143. The molecule has 0 radical (unpaired) electrons. The molecule has 0 aromatic heterocycles. The van der Waals surface area contributed by atoms with Crippen LogP contribution in [0.25, 0.3) is 0 Å². The minimum Gasteiger partial charge on any atom is -0.508 e. The van der Waals surface area contributed by atoms with E-state index in [2.05, 4.69) is 16.0 Å². The van der Waals surface area contributed by atoms with Crippen LogP contribution in [0.1, 0.15) is 102 Å². The number of nitrogens with zero attached hydrogens (tertiary/aromatic N) is 1.